The van der Waals surface area contributed by atoms with Gasteiger partial charge in [-0.3, -0.25) is 9.59 Å². The number of fused-ring (bicyclic) bond motifs is 3. The molecule has 0 saturated carbocycles. The topological polar surface area (TPSA) is 84.9 Å². The number of aliphatic hydroxyl groups excluding tert-OH is 1. The Morgan fingerprint density at radius 1 is 1.07 bits per heavy atom. The SMILES string of the molecule is O=C(NC(=S)c1ccccc1)C1CC2C(O)Oc3ccccc3C2OC1=O. The molecule has 4 atom stereocenters. The highest BCUT2D eigenvalue weighted by Gasteiger charge is 2.48. The predicted molar refractivity (Wildman–Crippen MR) is 99.8 cm³/mol. The summed E-state index contributed by atoms with van der Waals surface area (Å²) in [5.74, 6) is -2.28. The van der Waals surface area contributed by atoms with Gasteiger partial charge < -0.3 is 19.9 Å². The van der Waals surface area contributed by atoms with Crippen LogP contribution in [0.1, 0.15) is 23.7 Å². The Bertz CT molecular complexity index is 900. The number of aliphatic hydroxyl groups is 1. The summed E-state index contributed by atoms with van der Waals surface area (Å²) in [4.78, 5) is 25.3. The van der Waals surface area contributed by atoms with Gasteiger partial charge in [0.1, 0.15) is 22.8 Å². The van der Waals surface area contributed by atoms with E-state index in [1.807, 2.05) is 12.1 Å². The number of para-hydroxylation sites is 1. The molecule has 27 heavy (non-hydrogen) atoms. The average molecular weight is 383 g/mol. The summed E-state index contributed by atoms with van der Waals surface area (Å²) in [5, 5.41) is 12.9. The highest BCUT2D eigenvalue weighted by atomic mass is 32.1. The summed E-state index contributed by atoms with van der Waals surface area (Å²) in [6, 6.07) is 16.1. The number of hydrogen-bond donors (Lipinski definition) is 2. The van der Waals surface area contributed by atoms with E-state index in [0.29, 0.717) is 16.9 Å². The van der Waals surface area contributed by atoms with E-state index in [9.17, 15) is 14.7 Å². The maximum atomic E-state index is 12.6. The second-order valence-electron chi connectivity index (χ2n) is 6.54. The van der Waals surface area contributed by atoms with E-state index in [1.54, 1.807) is 42.5 Å². The molecular formula is C20H17NO5S. The molecule has 1 amide bonds. The van der Waals surface area contributed by atoms with Crippen LogP contribution in [0.3, 0.4) is 0 Å². The van der Waals surface area contributed by atoms with E-state index in [2.05, 4.69) is 5.32 Å². The van der Waals surface area contributed by atoms with E-state index in [4.69, 9.17) is 21.7 Å². The number of carbonyl (C=O) groups is 2. The minimum absolute atomic E-state index is 0.113. The van der Waals surface area contributed by atoms with Gasteiger partial charge in [0.2, 0.25) is 12.2 Å². The Balaban J connectivity index is 1.51. The lowest BCUT2D eigenvalue weighted by molar-refractivity contribution is -0.191. The lowest BCUT2D eigenvalue weighted by Crippen LogP contribution is -2.49. The largest absolute Gasteiger partial charge is 0.464 e. The van der Waals surface area contributed by atoms with Crippen molar-refractivity contribution in [1.82, 2.24) is 5.32 Å². The molecule has 2 aromatic rings. The van der Waals surface area contributed by atoms with Crippen LogP contribution in [0.25, 0.3) is 0 Å². The van der Waals surface area contributed by atoms with Gasteiger partial charge in [-0.15, -0.1) is 0 Å². The van der Waals surface area contributed by atoms with Crippen LogP contribution in [0, 0.1) is 11.8 Å². The van der Waals surface area contributed by atoms with E-state index in [-0.39, 0.29) is 11.4 Å². The number of carbonyl (C=O) groups excluding carboxylic acids is 2. The Morgan fingerprint density at radius 3 is 2.56 bits per heavy atom. The smallest absolute Gasteiger partial charge is 0.319 e. The van der Waals surface area contributed by atoms with Gasteiger partial charge in [-0.25, -0.2) is 0 Å². The molecule has 0 bridgehead atoms. The molecule has 0 radical (unpaired) electrons. The summed E-state index contributed by atoms with van der Waals surface area (Å²) in [5.41, 5.74) is 1.37. The van der Waals surface area contributed by atoms with Crippen molar-refractivity contribution >= 4 is 29.1 Å². The van der Waals surface area contributed by atoms with E-state index >= 15 is 0 Å². The second-order valence-corrected chi connectivity index (χ2v) is 6.95. The van der Waals surface area contributed by atoms with E-state index in [0.717, 1.165) is 0 Å². The highest BCUT2D eigenvalue weighted by molar-refractivity contribution is 7.80. The summed E-state index contributed by atoms with van der Waals surface area (Å²) in [6.45, 7) is 0. The van der Waals surface area contributed by atoms with Crippen LogP contribution in [0.15, 0.2) is 54.6 Å². The minimum Gasteiger partial charge on any atom is -0.464 e. The van der Waals surface area contributed by atoms with Crippen molar-refractivity contribution in [3.63, 3.8) is 0 Å². The minimum atomic E-state index is -1.16. The number of ether oxygens (including phenoxy) is 2. The summed E-state index contributed by atoms with van der Waals surface area (Å²) in [6.07, 6.45) is -1.68. The maximum Gasteiger partial charge on any atom is 0.319 e. The molecule has 6 nitrogen and oxygen atoms in total. The number of nitrogens with one attached hydrogen (secondary N) is 1. The van der Waals surface area contributed by atoms with E-state index in [1.165, 1.54) is 0 Å². The van der Waals surface area contributed by atoms with Gasteiger partial charge in [0.25, 0.3) is 0 Å². The predicted octanol–water partition coefficient (Wildman–Crippen LogP) is 2.11. The third-order valence-corrected chi connectivity index (χ3v) is 5.19. The zero-order valence-corrected chi connectivity index (χ0v) is 15.0. The fraction of sp³-hybridized carbons (Fsp3) is 0.250. The standard InChI is InChI=1S/C20H17NO5S/c22-17(21-18(27)11-6-2-1-3-7-11)14-10-13-16(26-20(14)24)12-8-4-5-9-15(12)25-19(13)23/h1-9,13-14,16,19,23H,10H2,(H,21,22,27). The van der Waals surface area contributed by atoms with Crippen molar-refractivity contribution in [3.8, 4) is 5.75 Å². The summed E-state index contributed by atoms with van der Waals surface area (Å²) in [7, 11) is 0. The number of amides is 1. The molecule has 2 aliphatic rings. The van der Waals surface area contributed by atoms with Crippen LogP contribution < -0.4 is 10.1 Å². The molecule has 1 saturated heterocycles. The molecule has 7 heteroatoms. The molecule has 1 fully saturated rings. The molecule has 138 valence electrons. The number of esters is 1. The Hall–Kier alpha value is -2.77. The summed E-state index contributed by atoms with van der Waals surface area (Å²) >= 11 is 5.24. The van der Waals surface area contributed by atoms with Crippen LogP contribution in [-0.4, -0.2) is 28.3 Å². The van der Waals surface area contributed by atoms with Crippen molar-refractivity contribution in [3.05, 3.63) is 65.7 Å². The first-order valence-corrected chi connectivity index (χ1v) is 9.00. The normalized spacial score (nSPS) is 26.0. The lowest BCUT2D eigenvalue weighted by Gasteiger charge is -2.41. The average Bonchev–Trinajstić information content (AvgIpc) is 2.68. The zero-order valence-electron chi connectivity index (χ0n) is 14.2. The van der Waals surface area contributed by atoms with E-state index < -0.39 is 36.1 Å². The first kappa shape index (κ1) is 17.6. The first-order chi connectivity index (χ1) is 13.0. The fourth-order valence-electron chi connectivity index (χ4n) is 3.46. The molecule has 0 spiro atoms. The third-order valence-electron chi connectivity index (χ3n) is 4.85. The van der Waals surface area contributed by atoms with Crippen molar-refractivity contribution in [2.24, 2.45) is 11.8 Å². The molecule has 2 aromatic carbocycles. The summed E-state index contributed by atoms with van der Waals surface area (Å²) < 4.78 is 11.0. The molecule has 4 rings (SSSR count). The molecule has 2 N–H and O–H groups in total. The number of rotatable bonds is 2. The van der Waals surface area contributed by atoms with Crippen LogP contribution >= 0.6 is 12.2 Å². The first-order valence-electron chi connectivity index (χ1n) is 8.59. The van der Waals surface area contributed by atoms with Crippen LogP contribution in [-0.2, 0) is 14.3 Å². The van der Waals surface area contributed by atoms with Gasteiger partial charge in [0, 0.05) is 11.1 Å². The molecule has 0 aliphatic carbocycles. The Morgan fingerprint density at radius 2 is 1.78 bits per heavy atom. The number of hydrogen-bond acceptors (Lipinski definition) is 6. The second kappa shape index (κ2) is 7.09. The van der Waals surface area contributed by atoms with Crippen LogP contribution in [0.2, 0.25) is 0 Å². The molecule has 2 aliphatic heterocycles. The van der Waals surface area contributed by atoms with Gasteiger partial charge in [-0.05, 0) is 12.5 Å². The third kappa shape index (κ3) is 3.31. The quantitative estimate of drug-likeness (QED) is 0.469. The maximum absolute atomic E-state index is 12.6. The van der Waals surface area contributed by atoms with Gasteiger partial charge in [0.15, 0.2) is 0 Å². The zero-order chi connectivity index (χ0) is 19.0. The van der Waals surface area contributed by atoms with Crippen molar-refractivity contribution in [2.45, 2.75) is 18.8 Å². The van der Waals surface area contributed by atoms with Gasteiger partial charge in [0.05, 0.1) is 5.92 Å². The Labute approximate surface area is 161 Å². The number of benzene rings is 2. The lowest BCUT2D eigenvalue weighted by atomic mass is 9.81. The monoisotopic (exact) mass is 383 g/mol. The molecule has 4 unspecified atom stereocenters. The van der Waals surface area contributed by atoms with Gasteiger partial charge in [-0.2, -0.15) is 0 Å². The van der Waals surface area contributed by atoms with Crippen LogP contribution in [0.5, 0.6) is 5.75 Å². The molecular weight excluding hydrogens is 366 g/mol. The van der Waals surface area contributed by atoms with Gasteiger partial charge >= 0.3 is 5.97 Å². The Kier molecular flexibility index (Phi) is 4.63. The van der Waals surface area contributed by atoms with Crippen LogP contribution in [0.4, 0.5) is 0 Å². The van der Waals surface area contributed by atoms with Crippen molar-refractivity contribution in [2.75, 3.05) is 0 Å². The fourth-order valence-corrected chi connectivity index (χ4v) is 3.70. The van der Waals surface area contributed by atoms with Gasteiger partial charge in [-0.1, -0.05) is 60.7 Å². The van der Waals surface area contributed by atoms with Crippen molar-refractivity contribution < 1.29 is 24.2 Å². The highest BCUT2D eigenvalue weighted by Crippen LogP contribution is 2.46. The molecule has 0 aromatic heterocycles. The molecule has 2 heterocycles. The van der Waals surface area contributed by atoms with Crippen molar-refractivity contribution in [1.29, 1.82) is 0 Å². The number of thiocarbonyl (C=S) groups is 1.